The maximum Gasteiger partial charge on any atom is 0.228 e. The highest BCUT2D eigenvalue weighted by atomic mass is 35.5. The van der Waals surface area contributed by atoms with E-state index in [1.54, 1.807) is 12.1 Å². The summed E-state index contributed by atoms with van der Waals surface area (Å²) in [6.07, 6.45) is 15.5. The lowest BCUT2D eigenvalue weighted by Crippen LogP contribution is -2.53. The van der Waals surface area contributed by atoms with Gasteiger partial charge in [0, 0.05) is 29.8 Å². The molecule has 0 radical (unpaired) electrons. The van der Waals surface area contributed by atoms with Gasteiger partial charge in [-0.25, -0.2) is 9.97 Å². The van der Waals surface area contributed by atoms with Crippen LogP contribution in [0.4, 0.5) is 5.69 Å². The van der Waals surface area contributed by atoms with Crippen LogP contribution >= 0.6 is 23.2 Å². The molecule has 3 fully saturated rings. The van der Waals surface area contributed by atoms with E-state index in [-0.39, 0.29) is 27.8 Å². The lowest BCUT2D eigenvalue weighted by Gasteiger charge is -2.59. The van der Waals surface area contributed by atoms with Crippen LogP contribution in [0.2, 0.25) is 10.3 Å². The summed E-state index contributed by atoms with van der Waals surface area (Å²) in [5.74, 6) is 3.06. The maximum absolute atomic E-state index is 13.4. The van der Waals surface area contributed by atoms with E-state index >= 15 is 0 Å². The number of nitrogens with zero attached hydrogens (tertiary/aromatic N) is 3. The molecule has 0 spiro atoms. The van der Waals surface area contributed by atoms with Crippen LogP contribution in [0.5, 0.6) is 0 Å². The number of imidazole rings is 1. The van der Waals surface area contributed by atoms with E-state index in [0.29, 0.717) is 34.6 Å². The van der Waals surface area contributed by atoms with Crippen molar-refractivity contribution in [2.24, 2.45) is 34.5 Å². The Labute approximate surface area is 205 Å². The van der Waals surface area contributed by atoms with Gasteiger partial charge in [0.1, 0.15) is 11.0 Å². The predicted octanol–water partition coefficient (Wildman–Crippen LogP) is 6.65. The molecule has 0 aromatic carbocycles. The average molecular weight is 485 g/mol. The molecule has 5 nitrogen and oxygen atoms in total. The van der Waals surface area contributed by atoms with Gasteiger partial charge in [-0.05, 0) is 79.9 Å². The SMILES string of the molecule is C[C@]12CC[C@H]3[C@@H](CCC4n5ccnc5C=C[C@@]43C)[C@@H]1CC[C@@H]2C(=O)Nc1ccc(Cl)nc1Cl. The number of carbonyl (C=O) groups is 1. The van der Waals surface area contributed by atoms with Crippen LogP contribution in [-0.4, -0.2) is 20.4 Å². The molecular weight excluding hydrogens is 455 g/mol. The summed E-state index contributed by atoms with van der Waals surface area (Å²) < 4.78 is 2.40. The fourth-order valence-electron chi connectivity index (χ4n) is 8.17. The Morgan fingerprint density at radius 2 is 1.97 bits per heavy atom. The van der Waals surface area contributed by atoms with Crippen molar-refractivity contribution in [3.05, 3.63) is 46.7 Å². The van der Waals surface area contributed by atoms with Crippen molar-refractivity contribution in [2.75, 3.05) is 5.32 Å². The number of nitrogens with one attached hydrogen (secondary N) is 1. The molecule has 0 bridgehead atoms. The second-order valence-electron chi connectivity index (χ2n) is 11.0. The molecule has 3 heterocycles. The summed E-state index contributed by atoms with van der Waals surface area (Å²) >= 11 is 12.2. The highest BCUT2D eigenvalue weighted by molar-refractivity contribution is 6.34. The Bertz CT molecular complexity index is 1150. The molecule has 3 aliphatic carbocycles. The zero-order valence-corrected chi connectivity index (χ0v) is 20.6. The average Bonchev–Trinajstić information content (AvgIpc) is 3.39. The van der Waals surface area contributed by atoms with E-state index in [1.807, 2.05) is 6.20 Å². The standard InChI is InChI=1S/C26H30Cl2N4O/c1-25-11-9-17-15(3-7-20-26(17,2)12-10-22-29-13-14-32(20)22)16(25)4-5-18(25)24(33)30-19-6-8-21(27)31-23(19)28/h6,8,10,12-18,20H,3-5,7,9,11H2,1-2H3,(H,30,33)/t15-,16-,17-,18+,20?,25-,26+/m0/s1. The van der Waals surface area contributed by atoms with E-state index in [1.165, 1.54) is 19.3 Å². The summed E-state index contributed by atoms with van der Waals surface area (Å²) in [4.78, 5) is 22.0. The monoisotopic (exact) mass is 484 g/mol. The highest BCUT2D eigenvalue weighted by Crippen LogP contribution is 2.67. The number of pyridine rings is 1. The highest BCUT2D eigenvalue weighted by Gasteiger charge is 2.61. The number of rotatable bonds is 2. The number of amides is 1. The van der Waals surface area contributed by atoms with Crippen LogP contribution < -0.4 is 5.32 Å². The van der Waals surface area contributed by atoms with Crippen LogP contribution in [0.15, 0.2) is 30.6 Å². The van der Waals surface area contributed by atoms with Gasteiger partial charge in [-0.15, -0.1) is 0 Å². The van der Waals surface area contributed by atoms with Crippen molar-refractivity contribution < 1.29 is 4.79 Å². The van der Waals surface area contributed by atoms with Crippen LogP contribution in [0.25, 0.3) is 6.08 Å². The first-order chi connectivity index (χ1) is 15.8. The van der Waals surface area contributed by atoms with Gasteiger partial charge in [0.05, 0.1) is 5.69 Å². The van der Waals surface area contributed by atoms with Gasteiger partial charge in [-0.1, -0.05) is 43.1 Å². The quantitative estimate of drug-likeness (QED) is 0.485. The molecule has 3 saturated carbocycles. The van der Waals surface area contributed by atoms with Crippen molar-refractivity contribution in [2.45, 2.75) is 58.4 Å². The van der Waals surface area contributed by atoms with Crippen molar-refractivity contribution in [1.82, 2.24) is 14.5 Å². The van der Waals surface area contributed by atoms with E-state index in [0.717, 1.165) is 25.1 Å². The Hall–Kier alpha value is -1.85. The summed E-state index contributed by atoms with van der Waals surface area (Å²) in [7, 11) is 0. The molecule has 7 heteroatoms. The molecule has 1 N–H and O–H groups in total. The number of allylic oxidation sites excluding steroid dienone is 1. The van der Waals surface area contributed by atoms with Crippen molar-refractivity contribution in [1.29, 1.82) is 0 Å². The Morgan fingerprint density at radius 3 is 2.79 bits per heavy atom. The van der Waals surface area contributed by atoms with Crippen LogP contribution in [0.3, 0.4) is 0 Å². The van der Waals surface area contributed by atoms with Crippen molar-refractivity contribution in [3.8, 4) is 0 Å². The Balaban J connectivity index is 1.24. The molecule has 0 saturated heterocycles. The molecule has 6 rings (SSSR count). The molecule has 7 atom stereocenters. The molecule has 4 aliphatic rings. The molecule has 2 aromatic heterocycles. The van der Waals surface area contributed by atoms with Gasteiger partial charge < -0.3 is 9.88 Å². The first-order valence-electron chi connectivity index (χ1n) is 12.2. The zero-order chi connectivity index (χ0) is 23.0. The molecule has 1 aliphatic heterocycles. The predicted molar refractivity (Wildman–Crippen MR) is 131 cm³/mol. The summed E-state index contributed by atoms with van der Waals surface area (Å²) in [6, 6.07) is 3.89. The Kier molecular flexibility index (Phi) is 4.97. The zero-order valence-electron chi connectivity index (χ0n) is 19.1. The molecule has 1 unspecified atom stereocenters. The largest absolute Gasteiger partial charge is 0.328 e. The number of aromatic nitrogens is 3. The number of hydrogen-bond donors (Lipinski definition) is 1. The lowest BCUT2D eigenvalue weighted by molar-refractivity contribution is -0.127. The van der Waals surface area contributed by atoms with Gasteiger partial charge in [-0.3, -0.25) is 4.79 Å². The molecule has 2 aromatic rings. The third kappa shape index (κ3) is 3.15. The van der Waals surface area contributed by atoms with E-state index in [2.05, 4.69) is 52.0 Å². The second kappa shape index (κ2) is 7.58. The van der Waals surface area contributed by atoms with Gasteiger partial charge >= 0.3 is 0 Å². The molecular formula is C26H30Cl2N4O. The van der Waals surface area contributed by atoms with Gasteiger partial charge in [0.2, 0.25) is 5.91 Å². The number of anilines is 1. The molecule has 174 valence electrons. The van der Waals surface area contributed by atoms with Crippen LogP contribution in [-0.2, 0) is 4.79 Å². The summed E-state index contributed by atoms with van der Waals surface area (Å²) in [5.41, 5.74) is 0.725. The number of carbonyl (C=O) groups excluding carboxylic acids is 1. The van der Waals surface area contributed by atoms with Crippen molar-refractivity contribution in [3.63, 3.8) is 0 Å². The third-order valence-corrected chi connectivity index (χ3v) is 10.2. The fraction of sp³-hybridized carbons (Fsp3) is 0.577. The maximum atomic E-state index is 13.4. The third-order valence-electron chi connectivity index (χ3n) is 9.74. The molecule has 33 heavy (non-hydrogen) atoms. The van der Waals surface area contributed by atoms with Crippen molar-refractivity contribution >= 4 is 40.9 Å². The van der Waals surface area contributed by atoms with E-state index in [9.17, 15) is 4.79 Å². The number of halogens is 2. The summed E-state index contributed by atoms with van der Waals surface area (Å²) in [5, 5.41) is 3.63. The fourth-order valence-corrected chi connectivity index (χ4v) is 8.56. The van der Waals surface area contributed by atoms with E-state index in [4.69, 9.17) is 23.2 Å². The van der Waals surface area contributed by atoms with Gasteiger partial charge in [0.25, 0.3) is 0 Å². The Morgan fingerprint density at radius 1 is 1.12 bits per heavy atom. The number of fused-ring (bicyclic) bond motifs is 7. The minimum atomic E-state index is 0.00266. The van der Waals surface area contributed by atoms with Gasteiger partial charge in [-0.2, -0.15) is 0 Å². The normalized spacial score (nSPS) is 38.7. The topological polar surface area (TPSA) is 59.8 Å². The van der Waals surface area contributed by atoms with Gasteiger partial charge in [0.15, 0.2) is 5.15 Å². The van der Waals surface area contributed by atoms with E-state index < -0.39 is 0 Å². The second-order valence-corrected chi connectivity index (χ2v) is 11.7. The first-order valence-corrected chi connectivity index (χ1v) is 12.9. The minimum absolute atomic E-state index is 0.00266. The molecule has 1 amide bonds. The minimum Gasteiger partial charge on any atom is -0.328 e. The van der Waals surface area contributed by atoms with Crippen LogP contribution in [0.1, 0.15) is 64.2 Å². The number of hydrogen-bond acceptors (Lipinski definition) is 3. The lowest BCUT2D eigenvalue weighted by atomic mass is 9.48. The van der Waals surface area contributed by atoms with Crippen LogP contribution in [0, 0.1) is 34.5 Å². The first kappa shape index (κ1) is 21.7. The smallest absolute Gasteiger partial charge is 0.228 e. The summed E-state index contributed by atoms with van der Waals surface area (Å²) in [6.45, 7) is 4.83.